The van der Waals surface area contributed by atoms with Crippen LogP contribution in [0.25, 0.3) is 11.0 Å². The van der Waals surface area contributed by atoms with Crippen LogP contribution in [0.5, 0.6) is 11.5 Å². The van der Waals surface area contributed by atoms with Gasteiger partial charge in [0.2, 0.25) is 5.76 Å². The van der Waals surface area contributed by atoms with Crippen molar-refractivity contribution in [3.8, 4) is 11.5 Å². The Balaban J connectivity index is 1.55. The molecule has 1 aromatic heterocycles. The van der Waals surface area contributed by atoms with Crippen LogP contribution in [0.4, 0.5) is 11.4 Å². The zero-order chi connectivity index (χ0) is 21.6. The number of methoxy groups -OCH3 is 1. The molecule has 7 nitrogen and oxygen atoms in total. The highest BCUT2D eigenvalue weighted by Crippen LogP contribution is 2.32. The van der Waals surface area contributed by atoms with Crippen LogP contribution in [-0.4, -0.2) is 25.5 Å². The van der Waals surface area contributed by atoms with E-state index in [0.29, 0.717) is 28.2 Å². The molecule has 0 spiro atoms. The molecule has 0 saturated heterocycles. The van der Waals surface area contributed by atoms with E-state index >= 15 is 0 Å². The molecule has 0 fully saturated rings. The van der Waals surface area contributed by atoms with Gasteiger partial charge in [0.05, 0.1) is 7.11 Å². The Kier molecular flexibility index (Phi) is 5.84. The predicted octanol–water partition coefficient (Wildman–Crippen LogP) is 4.71. The van der Waals surface area contributed by atoms with Crippen LogP contribution in [0.3, 0.4) is 0 Å². The number of benzene rings is 3. The van der Waals surface area contributed by atoms with E-state index in [0.717, 1.165) is 0 Å². The predicted molar refractivity (Wildman–Crippen MR) is 118 cm³/mol. The summed E-state index contributed by atoms with van der Waals surface area (Å²) in [6, 6.07) is 23.1. The first-order valence-corrected chi connectivity index (χ1v) is 9.59. The summed E-state index contributed by atoms with van der Waals surface area (Å²) >= 11 is 0. The van der Waals surface area contributed by atoms with E-state index in [9.17, 15) is 9.59 Å². The van der Waals surface area contributed by atoms with Crippen molar-refractivity contribution in [1.29, 1.82) is 0 Å². The number of fused-ring (bicyclic) bond motifs is 1. The number of ether oxygens (including phenoxy) is 2. The molecule has 0 aliphatic heterocycles. The van der Waals surface area contributed by atoms with Gasteiger partial charge in [-0.1, -0.05) is 42.5 Å². The fourth-order valence-corrected chi connectivity index (χ4v) is 3.10. The SMILES string of the molecule is COc1ccccc1OCC(=O)Nc1c(C(=O)Nc2ccccc2)oc2ccccc12. The average Bonchev–Trinajstić information content (AvgIpc) is 3.17. The number of furan rings is 1. The summed E-state index contributed by atoms with van der Waals surface area (Å²) in [6.45, 7) is -0.264. The van der Waals surface area contributed by atoms with E-state index in [2.05, 4.69) is 10.6 Å². The summed E-state index contributed by atoms with van der Waals surface area (Å²) in [5, 5.41) is 6.14. The maximum atomic E-state index is 12.8. The molecule has 4 aromatic rings. The number of anilines is 2. The molecule has 3 aromatic carbocycles. The van der Waals surface area contributed by atoms with Crippen LogP contribution in [0, 0.1) is 0 Å². The van der Waals surface area contributed by atoms with Crippen LogP contribution in [0.15, 0.2) is 83.3 Å². The maximum Gasteiger partial charge on any atom is 0.293 e. The molecule has 2 amide bonds. The van der Waals surface area contributed by atoms with E-state index in [-0.39, 0.29) is 18.1 Å². The molecule has 0 saturated carbocycles. The van der Waals surface area contributed by atoms with E-state index in [1.165, 1.54) is 7.11 Å². The third-order valence-corrected chi connectivity index (χ3v) is 4.53. The third-order valence-electron chi connectivity index (χ3n) is 4.53. The zero-order valence-corrected chi connectivity index (χ0v) is 16.8. The molecule has 31 heavy (non-hydrogen) atoms. The van der Waals surface area contributed by atoms with Crippen molar-refractivity contribution in [1.82, 2.24) is 0 Å². The minimum atomic E-state index is -0.469. The molecule has 0 aliphatic carbocycles. The van der Waals surface area contributed by atoms with E-state index in [1.807, 2.05) is 18.2 Å². The molecule has 4 rings (SSSR count). The summed E-state index contributed by atoms with van der Waals surface area (Å²) < 4.78 is 16.5. The van der Waals surface area contributed by atoms with Gasteiger partial charge in [0.15, 0.2) is 18.1 Å². The summed E-state index contributed by atoms with van der Waals surface area (Å²) in [6.07, 6.45) is 0. The Labute approximate surface area is 178 Å². The highest BCUT2D eigenvalue weighted by molar-refractivity contribution is 6.14. The van der Waals surface area contributed by atoms with E-state index < -0.39 is 11.8 Å². The normalized spacial score (nSPS) is 10.5. The second-order valence-corrected chi connectivity index (χ2v) is 6.61. The van der Waals surface area contributed by atoms with Crippen LogP contribution >= 0.6 is 0 Å². The van der Waals surface area contributed by atoms with Crippen LogP contribution in [-0.2, 0) is 4.79 Å². The number of amides is 2. The summed E-state index contributed by atoms with van der Waals surface area (Å²) in [7, 11) is 1.53. The van der Waals surface area contributed by atoms with E-state index in [1.54, 1.807) is 60.7 Å². The number of hydrogen-bond acceptors (Lipinski definition) is 5. The Morgan fingerprint density at radius 2 is 1.52 bits per heavy atom. The Morgan fingerprint density at radius 1 is 0.839 bits per heavy atom. The number of hydrogen-bond donors (Lipinski definition) is 2. The molecule has 156 valence electrons. The number of carbonyl (C=O) groups excluding carboxylic acids is 2. The zero-order valence-electron chi connectivity index (χ0n) is 16.8. The molecule has 7 heteroatoms. The van der Waals surface area contributed by atoms with Gasteiger partial charge in [-0.25, -0.2) is 0 Å². The van der Waals surface area contributed by atoms with Crippen molar-refractivity contribution >= 4 is 34.2 Å². The van der Waals surface area contributed by atoms with Crippen LogP contribution in [0.1, 0.15) is 10.6 Å². The molecular weight excluding hydrogens is 396 g/mol. The third kappa shape index (κ3) is 4.51. The minimum absolute atomic E-state index is 0.00990. The second-order valence-electron chi connectivity index (χ2n) is 6.61. The number of carbonyl (C=O) groups is 2. The lowest BCUT2D eigenvalue weighted by Crippen LogP contribution is -2.22. The Morgan fingerprint density at radius 3 is 2.29 bits per heavy atom. The molecular formula is C24H20N2O5. The summed E-state index contributed by atoms with van der Waals surface area (Å²) in [5.41, 5.74) is 1.39. The van der Waals surface area contributed by atoms with Gasteiger partial charge in [-0.05, 0) is 36.4 Å². The van der Waals surface area contributed by atoms with Gasteiger partial charge >= 0.3 is 0 Å². The first-order valence-electron chi connectivity index (χ1n) is 9.59. The number of rotatable bonds is 7. The van der Waals surface area contributed by atoms with Crippen molar-refractivity contribution in [2.75, 3.05) is 24.4 Å². The van der Waals surface area contributed by atoms with Crippen LogP contribution in [0.2, 0.25) is 0 Å². The quantitative estimate of drug-likeness (QED) is 0.455. The average molecular weight is 416 g/mol. The monoisotopic (exact) mass is 416 g/mol. The lowest BCUT2D eigenvalue weighted by atomic mass is 10.2. The number of para-hydroxylation sites is 4. The molecule has 0 unspecified atom stereocenters. The van der Waals surface area contributed by atoms with Crippen molar-refractivity contribution in [3.05, 3.63) is 84.6 Å². The molecule has 0 aliphatic rings. The minimum Gasteiger partial charge on any atom is -0.493 e. The van der Waals surface area contributed by atoms with Crippen molar-refractivity contribution in [2.24, 2.45) is 0 Å². The van der Waals surface area contributed by atoms with Gasteiger partial charge in [0.25, 0.3) is 11.8 Å². The van der Waals surface area contributed by atoms with Crippen LogP contribution < -0.4 is 20.1 Å². The highest BCUT2D eigenvalue weighted by Gasteiger charge is 2.22. The van der Waals surface area contributed by atoms with Crippen molar-refractivity contribution in [2.45, 2.75) is 0 Å². The first kappa shape index (κ1) is 20.0. The molecule has 0 atom stereocenters. The highest BCUT2D eigenvalue weighted by atomic mass is 16.5. The second kappa shape index (κ2) is 9.04. The topological polar surface area (TPSA) is 89.8 Å². The lowest BCUT2D eigenvalue weighted by molar-refractivity contribution is -0.118. The van der Waals surface area contributed by atoms with Crippen molar-refractivity contribution in [3.63, 3.8) is 0 Å². The largest absolute Gasteiger partial charge is 0.493 e. The fourth-order valence-electron chi connectivity index (χ4n) is 3.10. The lowest BCUT2D eigenvalue weighted by Gasteiger charge is -2.11. The van der Waals surface area contributed by atoms with Gasteiger partial charge in [0, 0.05) is 11.1 Å². The number of nitrogens with one attached hydrogen (secondary N) is 2. The van der Waals surface area contributed by atoms with Crippen molar-refractivity contribution < 1.29 is 23.5 Å². The molecule has 1 heterocycles. The van der Waals surface area contributed by atoms with Gasteiger partial charge < -0.3 is 24.5 Å². The first-order chi connectivity index (χ1) is 15.2. The molecule has 2 N–H and O–H groups in total. The maximum absolute atomic E-state index is 12.8. The summed E-state index contributed by atoms with van der Waals surface area (Å²) in [4.78, 5) is 25.5. The fraction of sp³-hybridized carbons (Fsp3) is 0.0833. The Bertz CT molecular complexity index is 1220. The van der Waals surface area contributed by atoms with Gasteiger partial charge in [-0.15, -0.1) is 0 Å². The van der Waals surface area contributed by atoms with E-state index in [4.69, 9.17) is 13.9 Å². The molecule has 0 radical (unpaired) electrons. The standard InChI is InChI=1S/C24H20N2O5/c1-29-19-13-7-8-14-20(19)30-15-21(27)26-22-17-11-5-6-12-18(17)31-23(22)24(28)25-16-9-3-2-4-10-16/h2-14H,15H2,1H3,(H,25,28)(H,26,27). The Hall–Kier alpha value is -4.26. The molecule has 0 bridgehead atoms. The smallest absolute Gasteiger partial charge is 0.293 e. The van der Waals surface area contributed by atoms with Gasteiger partial charge in [0.1, 0.15) is 11.3 Å². The van der Waals surface area contributed by atoms with Gasteiger partial charge in [-0.3, -0.25) is 9.59 Å². The van der Waals surface area contributed by atoms with Gasteiger partial charge in [-0.2, -0.15) is 0 Å². The summed E-state index contributed by atoms with van der Waals surface area (Å²) in [5.74, 6) is 0.0662.